The maximum absolute atomic E-state index is 12.4. The minimum absolute atomic E-state index is 0.0231. The molecule has 4 rings (SSSR count). The number of aromatic nitrogens is 1. The van der Waals surface area contributed by atoms with E-state index in [0.29, 0.717) is 24.0 Å². The van der Waals surface area contributed by atoms with Gasteiger partial charge in [0.2, 0.25) is 5.91 Å². The number of hydrogen-bond acceptors (Lipinski definition) is 5. The smallest absolute Gasteiger partial charge is 0.255 e. The van der Waals surface area contributed by atoms with Crippen LogP contribution in [-0.4, -0.2) is 49.3 Å². The number of carbonyl (C=O) groups excluding carboxylic acids is 2. The van der Waals surface area contributed by atoms with Crippen molar-refractivity contribution in [2.45, 2.75) is 56.6 Å². The number of primary amides is 1. The highest BCUT2D eigenvalue weighted by molar-refractivity contribution is 5.87. The molecule has 8 nitrogen and oxygen atoms in total. The van der Waals surface area contributed by atoms with Crippen LogP contribution < -0.4 is 20.5 Å². The predicted octanol–water partition coefficient (Wildman–Crippen LogP) is 2.36. The number of nitrogens with one attached hydrogen (secondary N) is 2. The van der Waals surface area contributed by atoms with E-state index in [1.807, 2.05) is 18.3 Å². The van der Waals surface area contributed by atoms with Gasteiger partial charge in [-0.3, -0.25) is 9.59 Å². The van der Waals surface area contributed by atoms with Crippen molar-refractivity contribution in [1.29, 1.82) is 0 Å². The van der Waals surface area contributed by atoms with E-state index in [4.69, 9.17) is 19.9 Å². The third-order valence-corrected chi connectivity index (χ3v) is 6.05. The van der Waals surface area contributed by atoms with Gasteiger partial charge >= 0.3 is 0 Å². The van der Waals surface area contributed by atoms with E-state index in [0.717, 1.165) is 49.4 Å². The molecule has 0 unspecified atom stereocenters. The number of H-pyrrole nitrogens is 1. The number of aromatic amines is 1. The Balaban J connectivity index is 1.50. The lowest BCUT2D eigenvalue weighted by Gasteiger charge is -2.30. The van der Waals surface area contributed by atoms with Gasteiger partial charge in [0.15, 0.2) is 18.1 Å². The number of nitrogens with two attached hydrogens (primary N) is 1. The molecule has 162 valence electrons. The van der Waals surface area contributed by atoms with E-state index >= 15 is 0 Å². The number of carbonyl (C=O) groups is 2. The Kier molecular flexibility index (Phi) is 6.13. The average Bonchev–Trinajstić information content (AvgIpc) is 3.41. The summed E-state index contributed by atoms with van der Waals surface area (Å²) in [6, 6.07) is 3.93. The molecule has 8 heteroatoms. The van der Waals surface area contributed by atoms with Crippen molar-refractivity contribution in [3.05, 3.63) is 23.9 Å². The van der Waals surface area contributed by atoms with Crippen molar-refractivity contribution in [3.63, 3.8) is 0 Å². The zero-order valence-corrected chi connectivity index (χ0v) is 17.2. The fraction of sp³-hybridized carbons (Fsp3) is 0.545. The Morgan fingerprint density at radius 2 is 2.10 bits per heavy atom. The van der Waals surface area contributed by atoms with E-state index in [2.05, 4.69) is 10.3 Å². The van der Waals surface area contributed by atoms with E-state index in [9.17, 15) is 9.59 Å². The second kappa shape index (κ2) is 8.95. The van der Waals surface area contributed by atoms with Crippen LogP contribution in [-0.2, 0) is 14.3 Å². The van der Waals surface area contributed by atoms with Crippen LogP contribution in [0, 0.1) is 0 Å². The molecule has 1 aromatic carbocycles. The van der Waals surface area contributed by atoms with E-state index in [1.165, 1.54) is 5.56 Å². The zero-order valence-electron chi connectivity index (χ0n) is 17.2. The van der Waals surface area contributed by atoms with Crippen LogP contribution in [0.25, 0.3) is 10.9 Å². The number of benzene rings is 1. The summed E-state index contributed by atoms with van der Waals surface area (Å²) in [6.45, 7) is 0.470. The van der Waals surface area contributed by atoms with Crippen LogP contribution in [0.1, 0.15) is 50.0 Å². The van der Waals surface area contributed by atoms with Gasteiger partial charge in [-0.1, -0.05) is 6.42 Å². The fourth-order valence-electron chi connectivity index (χ4n) is 4.59. The number of ether oxygens (including phenoxy) is 3. The summed E-state index contributed by atoms with van der Waals surface area (Å²) >= 11 is 0. The molecule has 30 heavy (non-hydrogen) atoms. The molecule has 1 saturated heterocycles. The molecule has 2 amide bonds. The first kappa shape index (κ1) is 20.5. The normalized spacial score (nSPS) is 24.0. The van der Waals surface area contributed by atoms with Crippen molar-refractivity contribution in [1.82, 2.24) is 10.3 Å². The summed E-state index contributed by atoms with van der Waals surface area (Å²) in [4.78, 5) is 26.8. The quantitative estimate of drug-likeness (QED) is 0.642. The van der Waals surface area contributed by atoms with Crippen LogP contribution in [0.4, 0.5) is 0 Å². The van der Waals surface area contributed by atoms with Gasteiger partial charge in [0.25, 0.3) is 5.91 Å². The minimum Gasteiger partial charge on any atom is -0.493 e. The number of methoxy groups -OCH3 is 1. The van der Waals surface area contributed by atoms with Crippen molar-refractivity contribution in [2.75, 3.05) is 20.3 Å². The van der Waals surface area contributed by atoms with Gasteiger partial charge < -0.3 is 30.2 Å². The molecule has 2 aromatic rings. The largest absolute Gasteiger partial charge is 0.493 e. The Morgan fingerprint density at radius 3 is 2.83 bits per heavy atom. The third kappa shape index (κ3) is 4.38. The van der Waals surface area contributed by atoms with Crippen molar-refractivity contribution in [2.24, 2.45) is 5.73 Å². The van der Waals surface area contributed by atoms with Crippen molar-refractivity contribution >= 4 is 22.7 Å². The highest BCUT2D eigenvalue weighted by Crippen LogP contribution is 2.40. The molecule has 0 spiro atoms. The lowest BCUT2D eigenvalue weighted by atomic mass is 9.81. The van der Waals surface area contributed by atoms with Crippen LogP contribution in [0.3, 0.4) is 0 Å². The van der Waals surface area contributed by atoms with E-state index in [1.54, 1.807) is 7.11 Å². The van der Waals surface area contributed by atoms with E-state index < -0.39 is 5.91 Å². The Morgan fingerprint density at radius 1 is 1.23 bits per heavy atom. The molecule has 1 aliphatic heterocycles. The zero-order chi connectivity index (χ0) is 21.1. The summed E-state index contributed by atoms with van der Waals surface area (Å²) in [7, 11) is 1.57. The number of rotatable bonds is 7. The fourth-order valence-corrected chi connectivity index (χ4v) is 4.59. The summed E-state index contributed by atoms with van der Waals surface area (Å²) in [5.74, 6) is 0.855. The molecular formula is C22H29N3O5. The van der Waals surface area contributed by atoms with Crippen molar-refractivity contribution < 1.29 is 23.8 Å². The van der Waals surface area contributed by atoms with Gasteiger partial charge in [0.05, 0.1) is 7.11 Å². The van der Waals surface area contributed by atoms with Gasteiger partial charge in [-0.15, -0.1) is 0 Å². The molecular weight excluding hydrogens is 386 g/mol. The second-order valence-electron chi connectivity index (χ2n) is 8.12. The maximum Gasteiger partial charge on any atom is 0.255 e. The van der Waals surface area contributed by atoms with Crippen LogP contribution in [0.5, 0.6) is 11.5 Å². The second-order valence-corrected chi connectivity index (χ2v) is 8.12. The molecule has 0 radical (unpaired) electrons. The topological polar surface area (TPSA) is 116 Å². The molecule has 4 N–H and O–H groups in total. The highest BCUT2D eigenvalue weighted by atomic mass is 16.5. The molecule has 1 saturated carbocycles. The molecule has 0 bridgehead atoms. The molecule has 1 aromatic heterocycles. The number of hydrogen-bond donors (Lipinski definition) is 3. The van der Waals surface area contributed by atoms with Gasteiger partial charge in [-0.05, 0) is 49.7 Å². The predicted molar refractivity (Wildman–Crippen MR) is 112 cm³/mol. The van der Waals surface area contributed by atoms with E-state index in [-0.39, 0.29) is 24.7 Å². The summed E-state index contributed by atoms with van der Waals surface area (Å²) in [5, 5.41) is 4.26. The molecule has 2 fully saturated rings. The molecule has 1 aliphatic carbocycles. The van der Waals surface area contributed by atoms with Crippen LogP contribution in [0.15, 0.2) is 18.3 Å². The summed E-state index contributed by atoms with van der Waals surface area (Å²) in [6.07, 6.45) is 7.52. The van der Waals surface area contributed by atoms with Crippen molar-refractivity contribution in [3.8, 4) is 11.5 Å². The SMILES string of the molecule is COc1cc2c([C@@H]3CCC[C@H](NC(=O)[C@@H]4CCCO4)C3)c[nH]c2cc1OCC(N)=O. The Labute approximate surface area is 175 Å². The Bertz CT molecular complexity index is 919. The first-order valence-electron chi connectivity index (χ1n) is 10.6. The standard InChI is InChI=1S/C22H29N3O5/c1-28-19-9-15-16(11-24-17(15)10-20(19)30-12-21(23)26)13-4-2-5-14(8-13)25-22(27)18-6-3-7-29-18/h9-11,13-14,18,24H,2-8,12H2,1H3,(H2,23,26)(H,25,27)/t13-,14+,18+/m1/s1. The van der Waals surface area contributed by atoms with Gasteiger partial charge in [0.1, 0.15) is 6.10 Å². The van der Waals surface area contributed by atoms with Gasteiger partial charge in [-0.25, -0.2) is 0 Å². The summed E-state index contributed by atoms with van der Waals surface area (Å²) in [5.41, 5.74) is 7.30. The summed E-state index contributed by atoms with van der Waals surface area (Å²) < 4.78 is 16.5. The first-order chi connectivity index (χ1) is 14.5. The number of amides is 2. The average molecular weight is 415 g/mol. The van der Waals surface area contributed by atoms with Gasteiger partial charge in [-0.2, -0.15) is 0 Å². The number of fused-ring (bicyclic) bond motifs is 1. The van der Waals surface area contributed by atoms with Crippen LogP contribution in [0.2, 0.25) is 0 Å². The van der Waals surface area contributed by atoms with Crippen LogP contribution >= 0.6 is 0 Å². The maximum atomic E-state index is 12.4. The third-order valence-electron chi connectivity index (χ3n) is 6.05. The monoisotopic (exact) mass is 415 g/mol. The highest BCUT2D eigenvalue weighted by Gasteiger charge is 2.30. The lowest BCUT2D eigenvalue weighted by molar-refractivity contribution is -0.131. The van der Waals surface area contributed by atoms with Gasteiger partial charge in [0, 0.05) is 35.8 Å². The Hall–Kier alpha value is -2.74. The molecule has 3 atom stereocenters. The molecule has 2 heterocycles. The molecule has 2 aliphatic rings. The minimum atomic E-state index is -0.539. The lowest BCUT2D eigenvalue weighted by Crippen LogP contribution is -2.43. The first-order valence-corrected chi connectivity index (χ1v) is 10.6.